The van der Waals surface area contributed by atoms with E-state index < -0.39 is 12.1 Å². The van der Waals surface area contributed by atoms with Crippen molar-refractivity contribution in [3.63, 3.8) is 0 Å². The van der Waals surface area contributed by atoms with Gasteiger partial charge in [0.15, 0.2) is 0 Å². The number of nitrogens with one attached hydrogen (secondary N) is 1. The van der Waals surface area contributed by atoms with Crippen molar-refractivity contribution in [2.75, 3.05) is 16.8 Å². The molecule has 0 atom stereocenters. The van der Waals surface area contributed by atoms with Crippen molar-refractivity contribution in [1.29, 1.82) is 0 Å². The fourth-order valence-corrected chi connectivity index (χ4v) is 2.83. The summed E-state index contributed by atoms with van der Waals surface area (Å²) in [5.41, 5.74) is 3.46. The third kappa shape index (κ3) is 7.17. The monoisotopic (exact) mass is 481 g/mol. The zero-order valence-corrected chi connectivity index (χ0v) is 18.0. The average Bonchev–Trinajstić information content (AvgIpc) is 2.83. The molecule has 2 heterocycles. The molecule has 7 nitrogen and oxygen atoms in total. The Bertz CT molecular complexity index is 1280. The van der Waals surface area contributed by atoms with E-state index in [1.807, 2.05) is 36.4 Å². The summed E-state index contributed by atoms with van der Waals surface area (Å²) in [5, 5.41) is 9.99. The Kier molecular flexibility index (Phi) is 7.84. The summed E-state index contributed by atoms with van der Waals surface area (Å²) in [5.74, 6) is 3.17. The minimum atomic E-state index is -5.08. The number of anilines is 2. The van der Waals surface area contributed by atoms with Gasteiger partial charge in [-0.25, -0.2) is 9.78 Å². The predicted molar refractivity (Wildman–Crippen MR) is 122 cm³/mol. The Morgan fingerprint density at radius 3 is 2.26 bits per heavy atom. The quantitative estimate of drug-likeness (QED) is 0.434. The fourth-order valence-electron chi connectivity index (χ4n) is 2.83. The number of pyridine rings is 1. The topological polar surface area (TPSA) is 99.6 Å². The van der Waals surface area contributed by atoms with E-state index in [1.54, 1.807) is 41.4 Å². The lowest BCUT2D eigenvalue weighted by atomic mass is 10.1. The molecule has 178 valence electrons. The number of nitrogens with zero attached hydrogens (tertiary/aromatic N) is 2. The highest BCUT2D eigenvalue weighted by atomic mass is 19.4. The molecule has 0 radical (unpaired) electrons. The molecule has 1 aromatic heterocycles. The van der Waals surface area contributed by atoms with E-state index in [0.717, 1.165) is 17.8 Å². The second kappa shape index (κ2) is 11.0. The molecule has 2 aromatic carbocycles. The summed E-state index contributed by atoms with van der Waals surface area (Å²) in [6.07, 6.45) is -2.80. The first-order valence-electron chi connectivity index (χ1n) is 10.2. The molecule has 0 bridgehead atoms. The molecule has 2 N–H and O–H groups in total. The second-order valence-electron chi connectivity index (χ2n) is 7.15. The molecular weight excluding hydrogens is 463 g/mol. The van der Waals surface area contributed by atoms with Crippen LogP contribution in [0.15, 0.2) is 72.9 Å². The number of carboxylic acid groups (broad SMARTS) is 1. The molecule has 10 heteroatoms. The third-order valence-corrected chi connectivity index (χ3v) is 4.65. The normalized spacial score (nSPS) is 12.3. The van der Waals surface area contributed by atoms with Crippen LogP contribution in [0.1, 0.15) is 28.0 Å². The van der Waals surface area contributed by atoms with E-state index in [-0.39, 0.29) is 11.8 Å². The number of aromatic nitrogens is 1. The molecule has 0 saturated carbocycles. The molecule has 1 fully saturated rings. The first-order chi connectivity index (χ1) is 16.6. The maximum atomic E-state index is 12.5. The third-order valence-electron chi connectivity index (χ3n) is 4.65. The zero-order chi connectivity index (χ0) is 25.4. The molecule has 0 spiro atoms. The smallest absolute Gasteiger partial charge is 0.475 e. The molecule has 4 rings (SSSR count). The van der Waals surface area contributed by atoms with Crippen LogP contribution >= 0.6 is 0 Å². The van der Waals surface area contributed by atoms with Crippen LogP contribution in [0.25, 0.3) is 0 Å². The first kappa shape index (κ1) is 25.0. The Morgan fingerprint density at radius 1 is 1.00 bits per heavy atom. The van der Waals surface area contributed by atoms with E-state index in [2.05, 4.69) is 22.1 Å². The van der Waals surface area contributed by atoms with Crippen LogP contribution in [0, 0.1) is 11.8 Å². The van der Waals surface area contributed by atoms with Crippen molar-refractivity contribution < 1.29 is 32.7 Å². The van der Waals surface area contributed by atoms with Crippen molar-refractivity contribution in [3.05, 3.63) is 89.7 Å². The highest BCUT2D eigenvalue weighted by molar-refractivity contribution is 6.05. The fraction of sp³-hybridized carbons (Fsp3) is 0.120. The second-order valence-corrected chi connectivity index (χ2v) is 7.15. The van der Waals surface area contributed by atoms with Crippen LogP contribution in [0.3, 0.4) is 0 Å². The van der Waals surface area contributed by atoms with Crippen molar-refractivity contribution >= 4 is 29.2 Å². The van der Waals surface area contributed by atoms with Crippen LogP contribution in [0.2, 0.25) is 0 Å². The van der Waals surface area contributed by atoms with Crippen molar-refractivity contribution in [2.24, 2.45) is 0 Å². The first-order valence-corrected chi connectivity index (χ1v) is 10.2. The SMILES string of the molecule is O=C(Nc1ccc(N2CCC2=O)cc1)c1cccc(C#Cc2ccccn2)c1.O=C(O)C(F)(F)F. The number of halogens is 3. The van der Waals surface area contributed by atoms with Crippen LogP contribution in [-0.4, -0.2) is 40.6 Å². The summed E-state index contributed by atoms with van der Waals surface area (Å²) >= 11 is 0. The Morgan fingerprint density at radius 2 is 1.71 bits per heavy atom. The molecule has 3 aromatic rings. The van der Waals surface area contributed by atoms with Crippen molar-refractivity contribution in [2.45, 2.75) is 12.6 Å². The summed E-state index contributed by atoms with van der Waals surface area (Å²) in [4.78, 5) is 38.8. The highest BCUT2D eigenvalue weighted by Gasteiger charge is 2.38. The van der Waals surface area contributed by atoms with E-state index in [4.69, 9.17) is 9.90 Å². The predicted octanol–water partition coefficient (Wildman–Crippen LogP) is 4.10. The maximum Gasteiger partial charge on any atom is 0.490 e. The number of aliphatic carboxylic acids is 1. The van der Waals surface area contributed by atoms with Crippen LogP contribution in [0.4, 0.5) is 24.5 Å². The summed E-state index contributed by atoms with van der Waals surface area (Å²) in [7, 11) is 0. The zero-order valence-electron chi connectivity index (χ0n) is 18.0. The Hall–Kier alpha value is -4.65. The van der Waals surface area contributed by atoms with Crippen LogP contribution < -0.4 is 10.2 Å². The number of rotatable bonds is 3. The van der Waals surface area contributed by atoms with Gasteiger partial charge in [0.25, 0.3) is 5.91 Å². The van der Waals surface area contributed by atoms with E-state index in [9.17, 15) is 22.8 Å². The van der Waals surface area contributed by atoms with Gasteiger partial charge in [-0.05, 0) is 60.5 Å². The lowest BCUT2D eigenvalue weighted by molar-refractivity contribution is -0.192. The lowest BCUT2D eigenvalue weighted by Gasteiger charge is -2.30. The Labute approximate surface area is 198 Å². The Balaban J connectivity index is 0.000000429. The number of amides is 2. The molecular formula is C25H18F3N3O4. The maximum absolute atomic E-state index is 12.5. The van der Waals surface area contributed by atoms with Crippen LogP contribution in [0.5, 0.6) is 0 Å². The number of carbonyl (C=O) groups is 3. The number of alkyl halides is 3. The van der Waals surface area contributed by atoms with Crippen molar-refractivity contribution in [3.8, 4) is 11.8 Å². The van der Waals surface area contributed by atoms with Crippen LogP contribution in [-0.2, 0) is 9.59 Å². The highest BCUT2D eigenvalue weighted by Crippen LogP contribution is 2.23. The van der Waals surface area contributed by atoms with Gasteiger partial charge in [0, 0.05) is 41.7 Å². The van der Waals surface area contributed by atoms with E-state index in [0.29, 0.717) is 23.4 Å². The minimum Gasteiger partial charge on any atom is -0.475 e. The van der Waals surface area contributed by atoms with Gasteiger partial charge in [-0.3, -0.25) is 9.59 Å². The number of carbonyl (C=O) groups excluding carboxylic acids is 2. The summed E-state index contributed by atoms with van der Waals surface area (Å²) in [6, 6.07) is 20.0. The van der Waals surface area contributed by atoms with Gasteiger partial charge in [0.1, 0.15) is 5.69 Å². The number of benzene rings is 2. The number of β-lactam (4-membered cyclic amide) rings is 1. The number of carboxylic acids is 1. The van der Waals surface area contributed by atoms with E-state index in [1.165, 1.54) is 0 Å². The van der Waals surface area contributed by atoms with Crippen molar-refractivity contribution in [1.82, 2.24) is 4.98 Å². The minimum absolute atomic E-state index is 0.125. The van der Waals surface area contributed by atoms with E-state index >= 15 is 0 Å². The van der Waals surface area contributed by atoms with Gasteiger partial charge in [-0.1, -0.05) is 18.1 Å². The molecule has 1 aliphatic rings. The van der Waals surface area contributed by atoms with Gasteiger partial charge in [0.05, 0.1) is 0 Å². The summed E-state index contributed by atoms with van der Waals surface area (Å²) < 4.78 is 31.7. The van der Waals surface area contributed by atoms with Gasteiger partial charge in [-0.2, -0.15) is 13.2 Å². The largest absolute Gasteiger partial charge is 0.490 e. The molecule has 2 amide bonds. The molecule has 35 heavy (non-hydrogen) atoms. The number of hydrogen-bond donors (Lipinski definition) is 2. The van der Waals surface area contributed by atoms with Gasteiger partial charge >= 0.3 is 12.1 Å². The summed E-state index contributed by atoms with van der Waals surface area (Å²) in [6.45, 7) is 0.747. The molecule has 0 aliphatic carbocycles. The standard InChI is InChI=1S/C23H17N3O2.C2HF3O2/c27-22-13-15-26(22)21-11-9-20(10-12-21)25-23(28)18-5-3-4-17(16-18)7-8-19-6-1-2-14-24-19;3-2(4,5)1(6)7/h1-6,9-12,14,16H,13,15H2,(H,25,28);(H,6,7). The van der Waals surface area contributed by atoms with Gasteiger partial charge in [0.2, 0.25) is 5.91 Å². The molecule has 0 unspecified atom stereocenters. The molecule has 1 aliphatic heterocycles. The molecule has 1 saturated heterocycles. The van der Waals surface area contributed by atoms with Gasteiger partial charge < -0.3 is 15.3 Å². The lowest BCUT2D eigenvalue weighted by Crippen LogP contribution is -2.43. The number of hydrogen-bond acceptors (Lipinski definition) is 4. The van der Waals surface area contributed by atoms with Gasteiger partial charge in [-0.15, -0.1) is 0 Å². The average molecular weight is 481 g/mol.